The number of benzene rings is 1. The molecule has 0 aliphatic heterocycles. The molecule has 0 aliphatic carbocycles. The summed E-state index contributed by atoms with van der Waals surface area (Å²) in [4.78, 5) is 12.0. The third kappa shape index (κ3) is 6.48. The SMILES string of the molecule is CCCCCNC(=O)C(C)Oc1ccc(Br)cc1CNC. The molecule has 1 unspecified atom stereocenters. The molecule has 0 heterocycles. The number of rotatable bonds is 9. The predicted octanol–water partition coefficient (Wildman–Crippen LogP) is 3.24. The number of hydrogen-bond acceptors (Lipinski definition) is 3. The van der Waals surface area contributed by atoms with E-state index in [0.29, 0.717) is 13.1 Å². The monoisotopic (exact) mass is 356 g/mol. The van der Waals surface area contributed by atoms with E-state index < -0.39 is 6.10 Å². The lowest BCUT2D eigenvalue weighted by Gasteiger charge is -2.17. The van der Waals surface area contributed by atoms with E-state index in [1.54, 1.807) is 6.92 Å². The van der Waals surface area contributed by atoms with Crippen molar-refractivity contribution in [3.05, 3.63) is 28.2 Å². The third-order valence-corrected chi connectivity index (χ3v) is 3.64. The summed E-state index contributed by atoms with van der Waals surface area (Å²) < 4.78 is 6.80. The first kappa shape index (κ1) is 18.0. The molecule has 1 atom stereocenters. The van der Waals surface area contributed by atoms with Gasteiger partial charge in [-0.25, -0.2) is 0 Å². The number of ether oxygens (including phenoxy) is 1. The summed E-state index contributed by atoms with van der Waals surface area (Å²) in [6, 6.07) is 5.80. The molecule has 0 spiro atoms. The van der Waals surface area contributed by atoms with Gasteiger partial charge in [0.1, 0.15) is 5.75 Å². The predicted molar refractivity (Wildman–Crippen MR) is 89.5 cm³/mol. The van der Waals surface area contributed by atoms with Crippen LogP contribution in [0.1, 0.15) is 38.7 Å². The second-order valence-electron chi connectivity index (χ2n) is 5.04. The van der Waals surface area contributed by atoms with Crippen LogP contribution in [0, 0.1) is 0 Å². The van der Waals surface area contributed by atoms with E-state index in [1.807, 2.05) is 25.2 Å². The Kier molecular flexibility index (Phi) is 8.38. The minimum Gasteiger partial charge on any atom is -0.481 e. The number of unbranched alkanes of at least 4 members (excludes halogenated alkanes) is 2. The first-order valence-corrected chi connectivity index (χ1v) is 8.25. The Balaban J connectivity index is 2.57. The molecular weight excluding hydrogens is 332 g/mol. The van der Waals surface area contributed by atoms with Gasteiger partial charge in [0.2, 0.25) is 0 Å². The van der Waals surface area contributed by atoms with Crippen LogP contribution in [0.2, 0.25) is 0 Å². The number of carbonyl (C=O) groups is 1. The molecule has 118 valence electrons. The molecule has 4 nitrogen and oxygen atoms in total. The van der Waals surface area contributed by atoms with Crippen LogP contribution >= 0.6 is 15.9 Å². The summed E-state index contributed by atoms with van der Waals surface area (Å²) in [6.07, 6.45) is 2.80. The van der Waals surface area contributed by atoms with Gasteiger partial charge in [-0.05, 0) is 38.6 Å². The fraction of sp³-hybridized carbons (Fsp3) is 0.562. The Hall–Kier alpha value is -1.07. The molecule has 0 aromatic heterocycles. The van der Waals surface area contributed by atoms with E-state index in [4.69, 9.17) is 4.74 Å². The lowest BCUT2D eigenvalue weighted by molar-refractivity contribution is -0.127. The molecule has 0 bridgehead atoms. The molecule has 1 aromatic carbocycles. The van der Waals surface area contributed by atoms with Crippen molar-refractivity contribution in [2.45, 2.75) is 45.8 Å². The lowest BCUT2D eigenvalue weighted by atomic mass is 10.2. The highest BCUT2D eigenvalue weighted by molar-refractivity contribution is 9.10. The molecule has 0 aliphatic rings. The summed E-state index contributed by atoms with van der Waals surface area (Å²) in [6.45, 7) is 5.33. The summed E-state index contributed by atoms with van der Waals surface area (Å²) in [5, 5.41) is 6.01. The van der Waals surface area contributed by atoms with Gasteiger partial charge in [0.15, 0.2) is 6.10 Å². The third-order valence-electron chi connectivity index (χ3n) is 3.14. The highest BCUT2D eigenvalue weighted by Crippen LogP contribution is 2.24. The van der Waals surface area contributed by atoms with Crippen LogP contribution in [0.4, 0.5) is 0 Å². The van der Waals surface area contributed by atoms with Crippen LogP contribution in [-0.4, -0.2) is 25.6 Å². The quantitative estimate of drug-likeness (QED) is 0.667. The Labute approximate surface area is 135 Å². The zero-order chi connectivity index (χ0) is 15.7. The van der Waals surface area contributed by atoms with Crippen LogP contribution in [0.3, 0.4) is 0 Å². The van der Waals surface area contributed by atoms with Gasteiger partial charge in [0.25, 0.3) is 5.91 Å². The second-order valence-corrected chi connectivity index (χ2v) is 5.96. The maximum Gasteiger partial charge on any atom is 0.260 e. The van der Waals surface area contributed by atoms with Crippen LogP contribution in [-0.2, 0) is 11.3 Å². The molecule has 0 radical (unpaired) electrons. The van der Waals surface area contributed by atoms with Gasteiger partial charge in [-0.2, -0.15) is 0 Å². The van der Waals surface area contributed by atoms with Gasteiger partial charge >= 0.3 is 0 Å². The average molecular weight is 357 g/mol. The maximum absolute atomic E-state index is 12.0. The molecule has 0 fully saturated rings. The van der Waals surface area contributed by atoms with Crippen molar-refractivity contribution in [3.8, 4) is 5.75 Å². The molecule has 0 saturated heterocycles. The normalized spacial score (nSPS) is 12.0. The Bertz CT molecular complexity index is 452. The molecular formula is C16H25BrN2O2. The van der Waals surface area contributed by atoms with Gasteiger partial charge in [0.05, 0.1) is 0 Å². The Morgan fingerprint density at radius 3 is 2.81 bits per heavy atom. The van der Waals surface area contributed by atoms with E-state index in [0.717, 1.165) is 35.0 Å². The van der Waals surface area contributed by atoms with Gasteiger partial charge in [-0.3, -0.25) is 4.79 Å². The highest BCUT2D eigenvalue weighted by atomic mass is 79.9. The number of hydrogen-bond donors (Lipinski definition) is 2. The number of amides is 1. The highest BCUT2D eigenvalue weighted by Gasteiger charge is 2.15. The van der Waals surface area contributed by atoms with Crippen LogP contribution < -0.4 is 15.4 Å². The van der Waals surface area contributed by atoms with Gasteiger partial charge < -0.3 is 15.4 Å². The Morgan fingerprint density at radius 2 is 2.14 bits per heavy atom. The summed E-state index contributed by atoms with van der Waals surface area (Å²) in [5.74, 6) is 0.674. The first-order valence-electron chi connectivity index (χ1n) is 7.45. The topological polar surface area (TPSA) is 50.4 Å². The molecule has 1 rings (SSSR count). The number of halogens is 1. The fourth-order valence-corrected chi connectivity index (χ4v) is 2.37. The molecule has 0 saturated carbocycles. The standard InChI is InChI=1S/C16H25BrN2O2/c1-4-5-6-9-19-16(20)12(2)21-15-8-7-14(17)10-13(15)11-18-3/h7-8,10,12,18H,4-6,9,11H2,1-3H3,(H,19,20). The van der Waals surface area contributed by atoms with Crippen molar-refractivity contribution < 1.29 is 9.53 Å². The van der Waals surface area contributed by atoms with Crippen LogP contribution in [0.15, 0.2) is 22.7 Å². The van der Waals surface area contributed by atoms with E-state index in [2.05, 4.69) is 33.5 Å². The number of carbonyl (C=O) groups excluding carboxylic acids is 1. The van der Waals surface area contributed by atoms with Crippen molar-refractivity contribution in [3.63, 3.8) is 0 Å². The lowest BCUT2D eigenvalue weighted by Crippen LogP contribution is -2.37. The summed E-state index contributed by atoms with van der Waals surface area (Å²) >= 11 is 3.45. The van der Waals surface area contributed by atoms with E-state index in [-0.39, 0.29) is 5.91 Å². The van der Waals surface area contributed by atoms with Crippen molar-refractivity contribution in [2.24, 2.45) is 0 Å². The van der Waals surface area contributed by atoms with Gasteiger partial charge in [-0.1, -0.05) is 35.7 Å². The van der Waals surface area contributed by atoms with Gasteiger partial charge in [0, 0.05) is 23.1 Å². The van der Waals surface area contributed by atoms with Crippen molar-refractivity contribution >= 4 is 21.8 Å². The van der Waals surface area contributed by atoms with Crippen LogP contribution in [0.5, 0.6) is 5.75 Å². The maximum atomic E-state index is 12.0. The van der Waals surface area contributed by atoms with Crippen molar-refractivity contribution in [1.82, 2.24) is 10.6 Å². The number of nitrogens with one attached hydrogen (secondary N) is 2. The molecule has 1 aromatic rings. The zero-order valence-corrected chi connectivity index (χ0v) is 14.6. The molecule has 5 heteroatoms. The first-order chi connectivity index (χ1) is 10.1. The molecule has 1 amide bonds. The minimum atomic E-state index is -0.497. The summed E-state index contributed by atoms with van der Waals surface area (Å²) in [7, 11) is 1.88. The van der Waals surface area contributed by atoms with E-state index in [9.17, 15) is 4.79 Å². The van der Waals surface area contributed by atoms with Gasteiger partial charge in [-0.15, -0.1) is 0 Å². The smallest absolute Gasteiger partial charge is 0.260 e. The van der Waals surface area contributed by atoms with E-state index >= 15 is 0 Å². The van der Waals surface area contributed by atoms with Crippen LogP contribution in [0.25, 0.3) is 0 Å². The fourth-order valence-electron chi connectivity index (χ4n) is 1.97. The molecule has 21 heavy (non-hydrogen) atoms. The van der Waals surface area contributed by atoms with Crippen molar-refractivity contribution in [1.29, 1.82) is 0 Å². The zero-order valence-electron chi connectivity index (χ0n) is 13.0. The Morgan fingerprint density at radius 1 is 1.38 bits per heavy atom. The second kappa shape index (κ2) is 9.79. The minimum absolute atomic E-state index is 0.0653. The van der Waals surface area contributed by atoms with Crippen molar-refractivity contribution in [2.75, 3.05) is 13.6 Å². The van der Waals surface area contributed by atoms with E-state index in [1.165, 1.54) is 0 Å². The largest absolute Gasteiger partial charge is 0.481 e. The summed E-state index contributed by atoms with van der Waals surface area (Å²) in [5.41, 5.74) is 1.03. The molecule has 2 N–H and O–H groups in total. The average Bonchev–Trinajstić information content (AvgIpc) is 2.46.